The second-order valence-electron chi connectivity index (χ2n) is 10.0. The number of likely N-dealkylation sites (tertiary alicyclic amines) is 2. The quantitative estimate of drug-likeness (QED) is 0.581. The molecule has 2 unspecified atom stereocenters. The molecule has 2 aliphatic rings. The minimum Gasteiger partial charge on any atom is -0.475 e. The largest absolute Gasteiger partial charge is 0.490 e. The number of carboxylic acid groups (broad SMARTS) is 1. The van der Waals surface area contributed by atoms with Crippen LogP contribution in [-0.4, -0.2) is 71.6 Å². The molecule has 0 spiro atoms. The lowest BCUT2D eigenvalue weighted by Crippen LogP contribution is -2.35. The van der Waals surface area contributed by atoms with Gasteiger partial charge in [-0.1, -0.05) is 48.5 Å². The van der Waals surface area contributed by atoms with Gasteiger partial charge in [0.05, 0.1) is 6.04 Å². The van der Waals surface area contributed by atoms with Crippen molar-refractivity contribution in [2.24, 2.45) is 11.8 Å². The number of aliphatic carboxylic acids is 1. The van der Waals surface area contributed by atoms with Gasteiger partial charge in [-0.05, 0) is 48.8 Å². The third-order valence-electron chi connectivity index (χ3n) is 7.10. The Morgan fingerprint density at radius 2 is 1.47 bits per heavy atom. The number of aryl methyl sites for hydroxylation is 2. The summed E-state index contributed by atoms with van der Waals surface area (Å²) >= 11 is 0. The molecule has 2 aromatic rings. The third kappa shape index (κ3) is 7.56. The number of amides is 2. The molecule has 38 heavy (non-hydrogen) atoms. The number of carboxylic acids is 1. The molecule has 4 rings (SSSR count). The molecule has 2 amide bonds. The molecule has 2 fully saturated rings. The van der Waals surface area contributed by atoms with E-state index in [-0.39, 0.29) is 17.9 Å². The number of hydrogen-bond donors (Lipinski definition) is 2. The predicted octanol–water partition coefficient (Wildman–Crippen LogP) is 4.21. The number of alkyl halides is 3. The van der Waals surface area contributed by atoms with Crippen LogP contribution in [0.1, 0.15) is 46.4 Å². The molecular weight excluding hydrogens is 499 g/mol. The number of nitrogens with one attached hydrogen (secondary N) is 1. The van der Waals surface area contributed by atoms with E-state index in [0.29, 0.717) is 11.8 Å². The summed E-state index contributed by atoms with van der Waals surface area (Å²) in [6.45, 7) is 10.3. The first-order valence-electron chi connectivity index (χ1n) is 12.6. The highest BCUT2D eigenvalue weighted by molar-refractivity contribution is 5.97. The topological polar surface area (TPSA) is 90.0 Å². The van der Waals surface area contributed by atoms with Crippen LogP contribution in [0, 0.1) is 25.7 Å². The fourth-order valence-electron chi connectivity index (χ4n) is 5.31. The van der Waals surface area contributed by atoms with Gasteiger partial charge in [0, 0.05) is 45.2 Å². The van der Waals surface area contributed by atoms with Gasteiger partial charge in [0.2, 0.25) is 5.91 Å². The smallest absolute Gasteiger partial charge is 0.475 e. The Labute approximate surface area is 220 Å². The number of hydrogen-bond acceptors (Lipinski definition) is 4. The van der Waals surface area contributed by atoms with Crippen LogP contribution in [0.5, 0.6) is 0 Å². The van der Waals surface area contributed by atoms with Gasteiger partial charge in [-0.15, -0.1) is 0 Å². The van der Waals surface area contributed by atoms with Crippen molar-refractivity contribution in [1.29, 1.82) is 0 Å². The SMILES string of the molecule is CC(=O)NC(CCN1CC2CN(C(=O)c3c(C)cccc3C)C[C@@H]2C1)c1ccccc1.O=C(O)C(F)(F)F. The van der Waals surface area contributed by atoms with E-state index in [9.17, 15) is 22.8 Å². The molecule has 7 nitrogen and oxygen atoms in total. The fraction of sp³-hybridized carbons (Fsp3) is 0.464. The van der Waals surface area contributed by atoms with Crippen molar-refractivity contribution in [3.05, 3.63) is 70.8 Å². The Hall–Kier alpha value is -3.40. The molecule has 2 aliphatic heterocycles. The molecular formula is C28H34F3N3O4. The Kier molecular flexibility index (Phi) is 9.54. The van der Waals surface area contributed by atoms with Gasteiger partial charge in [-0.25, -0.2) is 4.79 Å². The van der Waals surface area contributed by atoms with Crippen LogP contribution in [-0.2, 0) is 9.59 Å². The summed E-state index contributed by atoms with van der Waals surface area (Å²) in [4.78, 5) is 38.3. The van der Waals surface area contributed by atoms with Crippen LogP contribution in [0.15, 0.2) is 48.5 Å². The summed E-state index contributed by atoms with van der Waals surface area (Å²) in [7, 11) is 0. The number of carbonyl (C=O) groups excluding carboxylic acids is 2. The van der Waals surface area contributed by atoms with Crippen molar-refractivity contribution in [2.45, 2.75) is 39.4 Å². The van der Waals surface area contributed by atoms with Crippen LogP contribution < -0.4 is 5.32 Å². The van der Waals surface area contributed by atoms with Crippen molar-refractivity contribution in [2.75, 3.05) is 32.7 Å². The molecule has 206 valence electrons. The number of fused-ring (bicyclic) bond motifs is 1. The van der Waals surface area contributed by atoms with Gasteiger partial charge in [-0.2, -0.15) is 13.2 Å². The lowest BCUT2D eigenvalue weighted by molar-refractivity contribution is -0.192. The predicted molar refractivity (Wildman–Crippen MR) is 137 cm³/mol. The van der Waals surface area contributed by atoms with Crippen LogP contribution in [0.4, 0.5) is 13.2 Å². The molecule has 2 aromatic carbocycles. The monoisotopic (exact) mass is 533 g/mol. The van der Waals surface area contributed by atoms with Gasteiger partial charge >= 0.3 is 12.1 Å². The average Bonchev–Trinajstić information content (AvgIpc) is 3.41. The van der Waals surface area contributed by atoms with Crippen LogP contribution in [0.3, 0.4) is 0 Å². The highest BCUT2D eigenvalue weighted by Crippen LogP contribution is 2.33. The number of nitrogens with zero attached hydrogens (tertiary/aromatic N) is 2. The zero-order valence-corrected chi connectivity index (χ0v) is 21.8. The number of rotatable bonds is 6. The number of benzene rings is 2. The Bertz CT molecular complexity index is 1110. The summed E-state index contributed by atoms with van der Waals surface area (Å²) in [5.41, 5.74) is 4.16. The molecule has 0 bridgehead atoms. The Balaban J connectivity index is 0.000000505. The minimum absolute atomic E-state index is 0.00722. The maximum atomic E-state index is 13.1. The molecule has 0 radical (unpaired) electrons. The van der Waals surface area contributed by atoms with E-state index in [1.165, 1.54) is 0 Å². The second kappa shape index (κ2) is 12.4. The molecule has 2 heterocycles. The van der Waals surface area contributed by atoms with Crippen molar-refractivity contribution < 1.29 is 32.7 Å². The lowest BCUT2D eigenvalue weighted by Gasteiger charge is -2.25. The summed E-state index contributed by atoms with van der Waals surface area (Å²) in [6, 6.07) is 16.3. The maximum Gasteiger partial charge on any atom is 0.490 e. The van der Waals surface area contributed by atoms with Crippen LogP contribution in [0.2, 0.25) is 0 Å². The Morgan fingerprint density at radius 1 is 0.947 bits per heavy atom. The third-order valence-corrected chi connectivity index (χ3v) is 7.10. The normalized spacial score (nSPS) is 19.8. The molecule has 0 saturated carbocycles. The minimum atomic E-state index is -5.08. The van der Waals surface area contributed by atoms with Crippen molar-refractivity contribution in [3.63, 3.8) is 0 Å². The number of carbonyl (C=O) groups is 3. The van der Waals surface area contributed by atoms with Gasteiger partial charge in [0.1, 0.15) is 0 Å². The van der Waals surface area contributed by atoms with Crippen molar-refractivity contribution >= 4 is 17.8 Å². The molecule has 0 aromatic heterocycles. The van der Waals surface area contributed by atoms with Crippen molar-refractivity contribution in [3.8, 4) is 0 Å². The highest BCUT2D eigenvalue weighted by atomic mass is 19.4. The molecule has 2 N–H and O–H groups in total. The lowest BCUT2D eigenvalue weighted by atomic mass is 10.0. The summed E-state index contributed by atoms with van der Waals surface area (Å²) in [6.07, 6.45) is -4.19. The van der Waals surface area contributed by atoms with Gasteiger partial charge < -0.3 is 20.2 Å². The van der Waals surface area contributed by atoms with Gasteiger partial charge in [0.15, 0.2) is 0 Å². The van der Waals surface area contributed by atoms with Gasteiger partial charge in [0.25, 0.3) is 5.91 Å². The second-order valence-corrected chi connectivity index (χ2v) is 10.0. The average molecular weight is 534 g/mol. The molecule has 0 aliphatic carbocycles. The van der Waals surface area contributed by atoms with E-state index >= 15 is 0 Å². The number of halogens is 3. The molecule has 10 heteroatoms. The zero-order valence-electron chi connectivity index (χ0n) is 21.8. The summed E-state index contributed by atoms with van der Waals surface area (Å²) < 4.78 is 31.7. The van der Waals surface area contributed by atoms with E-state index in [2.05, 4.69) is 27.2 Å². The van der Waals surface area contributed by atoms with Crippen molar-refractivity contribution in [1.82, 2.24) is 15.1 Å². The maximum absolute atomic E-state index is 13.1. The van der Waals surface area contributed by atoms with E-state index in [4.69, 9.17) is 9.90 Å². The molecule has 2 saturated heterocycles. The highest BCUT2D eigenvalue weighted by Gasteiger charge is 2.42. The van der Waals surface area contributed by atoms with E-state index in [1.54, 1.807) is 6.92 Å². The fourth-order valence-corrected chi connectivity index (χ4v) is 5.31. The molecule has 3 atom stereocenters. The van der Waals surface area contributed by atoms with E-state index < -0.39 is 12.1 Å². The van der Waals surface area contributed by atoms with E-state index in [1.807, 2.05) is 50.2 Å². The first-order valence-corrected chi connectivity index (χ1v) is 12.6. The van der Waals surface area contributed by atoms with E-state index in [0.717, 1.165) is 61.4 Å². The zero-order chi connectivity index (χ0) is 28.0. The standard InChI is InChI=1S/C26H33N3O2.C2HF3O2/c1-18-8-7-9-19(2)25(18)26(31)29-16-22-14-28(15-23(22)17-29)13-12-24(27-20(3)30)21-10-5-4-6-11-21;3-2(4,5)1(6)7/h4-11,22-24H,12-17H2,1-3H3,(H,27,30);(H,6,7)/t22-,23?,24?;/m0./s1. The first-order chi connectivity index (χ1) is 17.9. The Morgan fingerprint density at radius 3 is 1.95 bits per heavy atom. The summed E-state index contributed by atoms with van der Waals surface area (Å²) in [5, 5.41) is 10.2. The summed E-state index contributed by atoms with van der Waals surface area (Å²) in [5.74, 6) is -1.47. The van der Waals surface area contributed by atoms with Crippen LogP contribution in [0.25, 0.3) is 0 Å². The first kappa shape index (κ1) is 29.2. The van der Waals surface area contributed by atoms with Gasteiger partial charge in [-0.3, -0.25) is 9.59 Å². The van der Waals surface area contributed by atoms with Crippen LogP contribution >= 0.6 is 0 Å².